The Kier molecular flexibility index (Phi) is 6.19. The number of hydrogen-bond acceptors (Lipinski definition) is 3. The zero-order chi connectivity index (χ0) is 16.8. The van der Waals surface area contributed by atoms with Crippen LogP contribution in [0.4, 0.5) is 0 Å². The molecule has 1 aromatic carbocycles. The first kappa shape index (κ1) is 17.5. The third-order valence-electron chi connectivity index (χ3n) is 3.55. The second kappa shape index (κ2) is 8.13. The van der Waals surface area contributed by atoms with Gasteiger partial charge in [-0.1, -0.05) is 23.7 Å². The van der Waals surface area contributed by atoms with Gasteiger partial charge >= 0.3 is 0 Å². The summed E-state index contributed by atoms with van der Waals surface area (Å²) in [7, 11) is 4.04. The molecule has 0 saturated carbocycles. The van der Waals surface area contributed by atoms with Crippen molar-refractivity contribution < 1.29 is 4.79 Å². The zero-order valence-corrected chi connectivity index (χ0v) is 14.5. The lowest BCUT2D eigenvalue weighted by Gasteiger charge is -2.21. The quantitative estimate of drug-likeness (QED) is 0.847. The van der Waals surface area contributed by atoms with Crippen molar-refractivity contribution in [2.45, 2.75) is 25.9 Å². The van der Waals surface area contributed by atoms with E-state index in [0.717, 1.165) is 24.2 Å². The third kappa shape index (κ3) is 5.69. The van der Waals surface area contributed by atoms with Gasteiger partial charge in [0, 0.05) is 11.2 Å². The molecule has 0 bridgehead atoms. The summed E-state index contributed by atoms with van der Waals surface area (Å²) in [5.74, 6) is -0.0493. The minimum absolute atomic E-state index is 0.0428. The summed E-state index contributed by atoms with van der Waals surface area (Å²) < 4.78 is 1.65. The molecule has 0 radical (unpaired) electrons. The van der Waals surface area contributed by atoms with E-state index in [2.05, 4.69) is 15.3 Å². The molecule has 0 saturated heterocycles. The van der Waals surface area contributed by atoms with Crippen molar-refractivity contribution >= 4 is 17.5 Å². The Morgan fingerprint density at radius 1 is 1.30 bits per heavy atom. The van der Waals surface area contributed by atoms with Crippen LogP contribution < -0.4 is 5.32 Å². The number of aromatic nitrogens is 2. The van der Waals surface area contributed by atoms with Crippen molar-refractivity contribution in [2.24, 2.45) is 0 Å². The summed E-state index contributed by atoms with van der Waals surface area (Å²) in [6.07, 6.45) is 2.64. The van der Waals surface area contributed by atoms with E-state index in [0.29, 0.717) is 5.02 Å². The molecule has 0 aliphatic carbocycles. The van der Waals surface area contributed by atoms with E-state index in [9.17, 15) is 4.79 Å². The fraction of sp³-hybridized carbons (Fsp3) is 0.412. The van der Waals surface area contributed by atoms with Gasteiger partial charge in [-0.25, -0.2) is 0 Å². The predicted octanol–water partition coefficient (Wildman–Crippen LogP) is 2.65. The Labute approximate surface area is 142 Å². The first-order valence-corrected chi connectivity index (χ1v) is 8.01. The molecule has 2 rings (SSSR count). The van der Waals surface area contributed by atoms with Gasteiger partial charge < -0.3 is 10.2 Å². The first-order chi connectivity index (χ1) is 10.9. The summed E-state index contributed by atoms with van der Waals surface area (Å²) in [6, 6.07) is 9.46. The Morgan fingerprint density at radius 3 is 2.57 bits per heavy atom. The van der Waals surface area contributed by atoms with Crippen molar-refractivity contribution in [1.82, 2.24) is 20.0 Å². The Balaban J connectivity index is 2.03. The minimum Gasteiger partial charge on any atom is -0.348 e. The molecule has 1 N–H and O–H groups in total. The van der Waals surface area contributed by atoms with Crippen LogP contribution in [0, 0.1) is 6.92 Å². The summed E-state index contributed by atoms with van der Waals surface area (Å²) in [5.41, 5.74) is 1.96. The molecule has 1 heterocycles. The lowest BCUT2D eigenvalue weighted by molar-refractivity contribution is -0.122. The van der Waals surface area contributed by atoms with Crippen LogP contribution in [0.2, 0.25) is 5.02 Å². The maximum Gasteiger partial charge on any atom is 0.242 e. The number of carbonyl (C=O) groups excluding carboxylic acids is 1. The van der Waals surface area contributed by atoms with E-state index in [-0.39, 0.29) is 18.5 Å². The van der Waals surface area contributed by atoms with Crippen LogP contribution in [0.5, 0.6) is 0 Å². The molecular weight excluding hydrogens is 312 g/mol. The maximum atomic E-state index is 12.3. The van der Waals surface area contributed by atoms with Crippen molar-refractivity contribution in [3.63, 3.8) is 0 Å². The van der Waals surface area contributed by atoms with Crippen LogP contribution in [-0.4, -0.2) is 41.2 Å². The van der Waals surface area contributed by atoms with Gasteiger partial charge in [0.15, 0.2) is 0 Å². The average molecular weight is 335 g/mol. The fourth-order valence-electron chi connectivity index (χ4n) is 2.34. The lowest BCUT2D eigenvalue weighted by atomic mass is 10.0. The number of halogens is 1. The number of aryl methyl sites for hydroxylation is 1. The van der Waals surface area contributed by atoms with E-state index >= 15 is 0 Å². The molecule has 2 aromatic rings. The Morgan fingerprint density at radius 2 is 2.00 bits per heavy atom. The van der Waals surface area contributed by atoms with Gasteiger partial charge in [-0.2, -0.15) is 5.10 Å². The van der Waals surface area contributed by atoms with Gasteiger partial charge in [0.1, 0.15) is 6.54 Å². The number of hydrogen-bond donors (Lipinski definition) is 1. The SMILES string of the molecule is Cc1ccn(CC(=O)NC(CCN(C)C)c2ccc(Cl)cc2)n1. The Hall–Kier alpha value is -1.85. The van der Waals surface area contributed by atoms with Crippen LogP contribution >= 0.6 is 11.6 Å². The molecule has 0 aliphatic rings. The lowest BCUT2D eigenvalue weighted by Crippen LogP contribution is -2.33. The van der Waals surface area contributed by atoms with Gasteiger partial charge in [-0.05, 0) is 57.7 Å². The number of rotatable bonds is 7. The summed E-state index contributed by atoms with van der Waals surface area (Å²) in [4.78, 5) is 14.4. The average Bonchev–Trinajstić information content (AvgIpc) is 2.89. The van der Waals surface area contributed by atoms with Crippen LogP contribution in [0.1, 0.15) is 23.7 Å². The van der Waals surface area contributed by atoms with Gasteiger partial charge in [-0.15, -0.1) is 0 Å². The van der Waals surface area contributed by atoms with Gasteiger partial charge in [0.2, 0.25) is 5.91 Å². The smallest absolute Gasteiger partial charge is 0.242 e. The van der Waals surface area contributed by atoms with Crippen LogP contribution in [0.25, 0.3) is 0 Å². The van der Waals surface area contributed by atoms with Crippen molar-refractivity contribution in [3.05, 3.63) is 52.8 Å². The topological polar surface area (TPSA) is 50.2 Å². The molecule has 0 aliphatic heterocycles. The third-order valence-corrected chi connectivity index (χ3v) is 3.80. The highest BCUT2D eigenvalue weighted by molar-refractivity contribution is 6.30. The van der Waals surface area contributed by atoms with Gasteiger partial charge in [-0.3, -0.25) is 9.48 Å². The van der Waals surface area contributed by atoms with E-state index in [1.54, 1.807) is 4.68 Å². The molecule has 1 unspecified atom stereocenters. The van der Waals surface area contributed by atoms with Crippen LogP contribution in [0.15, 0.2) is 36.5 Å². The molecule has 5 nitrogen and oxygen atoms in total. The monoisotopic (exact) mass is 334 g/mol. The highest BCUT2D eigenvalue weighted by Crippen LogP contribution is 2.19. The molecule has 0 fully saturated rings. The number of nitrogens with zero attached hydrogens (tertiary/aromatic N) is 3. The molecule has 1 amide bonds. The van der Waals surface area contributed by atoms with Crippen molar-refractivity contribution in [3.8, 4) is 0 Å². The molecule has 6 heteroatoms. The van der Waals surface area contributed by atoms with Crippen molar-refractivity contribution in [1.29, 1.82) is 0 Å². The molecule has 23 heavy (non-hydrogen) atoms. The highest BCUT2D eigenvalue weighted by atomic mass is 35.5. The molecule has 1 aromatic heterocycles. The normalized spacial score (nSPS) is 12.4. The summed E-state index contributed by atoms with van der Waals surface area (Å²) in [6.45, 7) is 3.01. The molecule has 1 atom stereocenters. The first-order valence-electron chi connectivity index (χ1n) is 7.63. The number of benzene rings is 1. The van der Waals surface area contributed by atoms with Crippen molar-refractivity contribution in [2.75, 3.05) is 20.6 Å². The molecular formula is C17H23ClN4O. The molecule has 0 spiro atoms. The van der Waals surface area contributed by atoms with E-state index in [1.165, 1.54) is 0 Å². The number of carbonyl (C=O) groups is 1. The van der Waals surface area contributed by atoms with Gasteiger partial charge in [0.25, 0.3) is 0 Å². The number of amides is 1. The second-order valence-electron chi connectivity index (χ2n) is 5.92. The summed E-state index contributed by atoms with van der Waals surface area (Å²) >= 11 is 5.95. The number of nitrogens with one attached hydrogen (secondary N) is 1. The fourth-order valence-corrected chi connectivity index (χ4v) is 2.47. The van der Waals surface area contributed by atoms with Gasteiger partial charge in [0.05, 0.1) is 11.7 Å². The largest absolute Gasteiger partial charge is 0.348 e. The Bertz CT molecular complexity index is 636. The predicted molar refractivity (Wildman–Crippen MR) is 92.5 cm³/mol. The zero-order valence-electron chi connectivity index (χ0n) is 13.8. The minimum atomic E-state index is -0.0493. The maximum absolute atomic E-state index is 12.3. The van der Waals surface area contributed by atoms with Crippen LogP contribution in [0.3, 0.4) is 0 Å². The van der Waals surface area contributed by atoms with E-state index < -0.39 is 0 Å². The second-order valence-corrected chi connectivity index (χ2v) is 6.35. The summed E-state index contributed by atoms with van der Waals surface area (Å²) in [5, 5.41) is 8.04. The standard InChI is InChI=1S/C17H23ClN4O/c1-13-8-11-22(20-13)12-17(23)19-16(9-10-21(2)3)14-4-6-15(18)7-5-14/h4-8,11,16H,9-10,12H2,1-3H3,(H,19,23). The van der Waals surface area contributed by atoms with E-state index in [4.69, 9.17) is 11.6 Å². The van der Waals surface area contributed by atoms with Crippen LogP contribution in [-0.2, 0) is 11.3 Å². The molecule has 124 valence electrons. The van der Waals surface area contributed by atoms with E-state index in [1.807, 2.05) is 57.5 Å². The highest BCUT2D eigenvalue weighted by Gasteiger charge is 2.15.